The highest BCUT2D eigenvalue weighted by atomic mass is 16.5. The minimum Gasteiger partial charge on any atom is -0.504 e. The Hall–Kier alpha value is -1.58. The van der Waals surface area contributed by atoms with Gasteiger partial charge in [-0.1, -0.05) is 0 Å². The first-order chi connectivity index (χ1) is 5.69. The normalized spacial score (nSPS) is 9.50. The average molecular weight is 170 g/mol. The summed E-state index contributed by atoms with van der Waals surface area (Å²) in [7, 11) is 2.81. The molecule has 0 saturated carbocycles. The van der Waals surface area contributed by atoms with Crippen molar-refractivity contribution in [1.29, 1.82) is 0 Å². The van der Waals surface area contributed by atoms with Crippen molar-refractivity contribution in [3.8, 4) is 23.0 Å². The Morgan fingerprint density at radius 1 is 1.00 bits per heavy atom. The van der Waals surface area contributed by atoms with E-state index < -0.39 is 0 Å². The van der Waals surface area contributed by atoms with Gasteiger partial charge in [-0.25, -0.2) is 0 Å². The van der Waals surface area contributed by atoms with Crippen LogP contribution in [0.4, 0.5) is 0 Å². The number of hydrogen-bond donors (Lipinski definition) is 2. The fraction of sp³-hybridized carbons (Fsp3) is 0.250. The minimum absolute atomic E-state index is 0.0517. The number of phenols is 2. The molecule has 0 aliphatic carbocycles. The molecule has 0 saturated heterocycles. The Kier molecular flexibility index (Phi) is 2.28. The summed E-state index contributed by atoms with van der Waals surface area (Å²) >= 11 is 0. The molecule has 0 fully saturated rings. The van der Waals surface area contributed by atoms with E-state index in [1.54, 1.807) is 0 Å². The Morgan fingerprint density at radius 2 is 1.50 bits per heavy atom. The maximum Gasteiger partial charge on any atom is 0.203 e. The van der Waals surface area contributed by atoms with E-state index in [0.29, 0.717) is 5.75 Å². The summed E-state index contributed by atoms with van der Waals surface area (Å²) in [6, 6.07) is 2.72. The van der Waals surface area contributed by atoms with Crippen LogP contribution in [-0.4, -0.2) is 24.4 Å². The Labute approximate surface area is 70.0 Å². The number of rotatable bonds is 2. The predicted octanol–water partition coefficient (Wildman–Crippen LogP) is 1.11. The van der Waals surface area contributed by atoms with Crippen molar-refractivity contribution in [3.05, 3.63) is 12.1 Å². The summed E-state index contributed by atoms with van der Waals surface area (Å²) in [6.07, 6.45) is 0. The first kappa shape index (κ1) is 8.52. The lowest BCUT2D eigenvalue weighted by molar-refractivity contribution is 0.337. The molecule has 2 N–H and O–H groups in total. The van der Waals surface area contributed by atoms with Gasteiger partial charge in [0.2, 0.25) is 5.75 Å². The van der Waals surface area contributed by atoms with E-state index in [1.165, 1.54) is 26.4 Å². The molecule has 0 aliphatic rings. The van der Waals surface area contributed by atoms with Gasteiger partial charge in [-0.3, -0.25) is 0 Å². The van der Waals surface area contributed by atoms with Gasteiger partial charge < -0.3 is 19.7 Å². The van der Waals surface area contributed by atoms with Gasteiger partial charge in [0.25, 0.3) is 0 Å². The zero-order valence-corrected chi connectivity index (χ0v) is 6.87. The van der Waals surface area contributed by atoms with Crippen LogP contribution in [0, 0.1) is 0 Å². The fourth-order valence-electron chi connectivity index (χ4n) is 0.900. The number of methoxy groups -OCH3 is 2. The number of hydrogen-bond acceptors (Lipinski definition) is 4. The van der Waals surface area contributed by atoms with Crippen molar-refractivity contribution in [2.75, 3.05) is 14.2 Å². The van der Waals surface area contributed by atoms with Crippen LogP contribution in [0.5, 0.6) is 23.0 Å². The molecule has 0 aliphatic heterocycles. The van der Waals surface area contributed by atoms with Crippen LogP contribution >= 0.6 is 0 Å². The summed E-state index contributed by atoms with van der Waals surface area (Å²) in [6.45, 7) is 0. The van der Waals surface area contributed by atoms with E-state index in [4.69, 9.17) is 9.47 Å². The van der Waals surface area contributed by atoms with Crippen molar-refractivity contribution < 1.29 is 19.7 Å². The molecule has 0 amide bonds. The van der Waals surface area contributed by atoms with E-state index in [-0.39, 0.29) is 17.2 Å². The number of benzene rings is 1. The van der Waals surface area contributed by atoms with E-state index in [1.807, 2.05) is 0 Å². The average Bonchev–Trinajstić information content (AvgIpc) is 2.03. The highest BCUT2D eigenvalue weighted by Crippen LogP contribution is 2.38. The highest BCUT2D eigenvalue weighted by molar-refractivity contribution is 5.54. The fourth-order valence-corrected chi connectivity index (χ4v) is 0.900. The molecule has 0 aromatic heterocycles. The monoisotopic (exact) mass is 170 g/mol. The smallest absolute Gasteiger partial charge is 0.203 e. The third-order valence-corrected chi connectivity index (χ3v) is 1.46. The van der Waals surface area contributed by atoms with Gasteiger partial charge in [0.1, 0.15) is 5.75 Å². The van der Waals surface area contributed by atoms with E-state index in [2.05, 4.69) is 0 Å². The second-order valence-corrected chi connectivity index (χ2v) is 2.20. The van der Waals surface area contributed by atoms with Gasteiger partial charge >= 0.3 is 0 Å². The summed E-state index contributed by atoms with van der Waals surface area (Å²) in [4.78, 5) is 0. The number of ether oxygens (including phenoxy) is 2. The lowest BCUT2D eigenvalue weighted by Gasteiger charge is -2.07. The van der Waals surface area contributed by atoms with Crippen molar-refractivity contribution in [1.82, 2.24) is 0 Å². The molecule has 0 bridgehead atoms. The maximum absolute atomic E-state index is 9.24. The van der Waals surface area contributed by atoms with Gasteiger partial charge in [0, 0.05) is 12.1 Å². The molecule has 0 atom stereocenters. The zero-order chi connectivity index (χ0) is 9.14. The third-order valence-electron chi connectivity index (χ3n) is 1.46. The molecular formula is C8H10O4. The predicted molar refractivity (Wildman–Crippen MR) is 42.9 cm³/mol. The standard InChI is InChI=1S/C8H10O4/c1-11-5-3-6(9)8(12-2)7(10)4-5/h3-4,9-10H,1-2H3. The Bertz CT molecular complexity index is 259. The van der Waals surface area contributed by atoms with Crippen LogP contribution in [-0.2, 0) is 0 Å². The molecule has 4 nitrogen and oxygen atoms in total. The van der Waals surface area contributed by atoms with Crippen molar-refractivity contribution in [2.24, 2.45) is 0 Å². The van der Waals surface area contributed by atoms with Crippen LogP contribution in [0.3, 0.4) is 0 Å². The lowest BCUT2D eigenvalue weighted by Crippen LogP contribution is -1.87. The molecule has 4 heteroatoms. The van der Waals surface area contributed by atoms with Crippen LogP contribution in [0.25, 0.3) is 0 Å². The summed E-state index contributed by atoms with van der Waals surface area (Å²) < 4.78 is 9.52. The molecule has 0 unspecified atom stereocenters. The molecule has 0 heterocycles. The minimum atomic E-state index is -0.144. The second kappa shape index (κ2) is 3.21. The SMILES string of the molecule is COc1cc(O)c(OC)c(O)c1. The van der Waals surface area contributed by atoms with E-state index in [9.17, 15) is 10.2 Å². The highest BCUT2D eigenvalue weighted by Gasteiger charge is 2.09. The Morgan fingerprint density at radius 3 is 1.83 bits per heavy atom. The van der Waals surface area contributed by atoms with Crippen molar-refractivity contribution in [3.63, 3.8) is 0 Å². The van der Waals surface area contributed by atoms with Gasteiger partial charge in [0.15, 0.2) is 11.5 Å². The first-order valence-electron chi connectivity index (χ1n) is 3.33. The van der Waals surface area contributed by atoms with Gasteiger partial charge in [-0.05, 0) is 0 Å². The topological polar surface area (TPSA) is 58.9 Å². The van der Waals surface area contributed by atoms with E-state index >= 15 is 0 Å². The van der Waals surface area contributed by atoms with Crippen LogP contribution in [0.1, 0.15) is 0 Å². The maximum atomic E-state index is 9.24. The largest absolute Gasteiger partial charge is 0.504 e. The Balaban J connectivity index is 3.18. The van der Waals surface area contributed by atoms with Crippen molar-refractivity contribution in [2.45, 2.75) is 0 Å². The quantitative estimate of drug-likeness (QED) is 0.698. The number of phenolic OH excluding ortho intramolecular Hbond substituents is 2. The van der Waals surface area contributed by atoms with E-state index in [0.717, 1.165) is 0 Å². The van der Waals surface area contributed by atoms with Crippen LogP contribution in [0.2, 0.25) is 0 Å². The first-order valence-corrected chi connectivity index (χ1v) is 3.33. The molecule has 66 valence electrons. The third kappa shape index (κ3) is 1.37. The van der Waals surface area contributed by atoms with Crippen LogP contribution in [0.15, 0.2) is 12.1 Å². The number of aromatic hydroxyl groups is 2. The summed E-state index contributed by atoms with van der Waals surface area (Å²) in [5.74, 6) is 0.144. The lowest BCUT2D eigenvalue weighted by atomic mass is 10.3. The summed E-state index contributed by atoms with van der Waals surface area (Å²) in [5, 5.41) is 18.5. The van der Waals surface area contributed by atoms with Crippen molar-refractivity contribution >= 4 is 0 Å². The van der Waals surface area contributed by atoms with Gasteiger partial charge in [-0.15, -0.1) is 0 Å². The molecule has 1 aromatic carbocycles. The van der Waals surface area contributed by atoms with Gasteiger partial charge in [0.05, 0.1) is 14.2 Å². The molecule has 1 aromatic rings. The second-order valence-electron chi connectivity index (χ2n) is 2.20. The molecule has 0 radical (unpaired) electrons. The molecule has 0 spiro atoms. The zero-order valence-electron chi connectivity index (χ0n) is 6.87. The molecule has 1 rings (SSSR count). The molecular weight excluding hydrogens is 160 g/mol. The summed E-state index contributed by atoms with van der Waals surface area (Å²) in [5.41, 5.74) is 0. The van der Waals surface area contributed by atoms with Gasteiger partial charge in [-0.2, -0.15) is 0 Å². The van der Waals surface area contributed by atoms with Crippen LogP contribution < -0.4 is 9.47 Å². The molecule has 12 heavy (non-hydrogen) atoms.